The standard InChI is InChI=1S/C7H13NO/c1-6(5-9)7-2-3-8-4-7/h7-9H,1-5H2. The van der Waals surface area contributed by atoms with Crippen LogP contribution in [0.25, 0.3) is 0 Å². The first-order valence-corrected chi connectivity index (χ1v) is 3.34. The molecular formula is C7H13NO. The van der Waals surface area contributed by atoms with E-state index >= 15 is 0 Å². The second kappa shape index (κ2) is 2.99. The fraction of sp³-hybridized carbons (Fsp3) is 0.714. The van der Waals surface area contributed by atoms with E-state index in [1.54, 1.807) is 0 Å². The molecule has 0 bridgehead atoms. The van der Waals surface area contributed by atoms with Crippen LogP contribution in [0.15, 0.2) is 12.2 Å². The van der Waals surface area contributed by atoms with Gasteiger partial charge in [0.2, 0.25) is 0 Å². The van der Waals surface area contributed by atoms with E-state index < -0.39 is 0 Å². The molecule has 9 heavy (non-hydrogen) atoms. The molecule has 2 heteroatoms. The van der Waals surface area contributed by atoms with Gasteiger partial charge in [0.1, 0.15) is 0 Å². The Kier molecular flexibility index (Phi) is 2.25. The van der Waals surface area contributed by atoms with Gasteiger partial charge in [-0.05, 0) is 24.5 Å². The number of rotatable bonds is 2. The Labute approximate surface area is 55.6 Å². The van der Waals surface area contributed by atoms with E-state index in [-0.39, 0.29) is 6.61 Å². The van der Waals surface area contributed by atoms with Crippen molar-refractivity contribution in [1.82, 2.24) is 5.32 Å². The molecule has 1 aliphatic heterocycles. The van der Waals surface area contributed by atoms with Crippen LogP contribution in [0, 0.1) is 5.92 Å². The lowest BCUT2D eigenvalue weighted by molar-refractivity contribution is 0.316. The van der Waals surface area contributed by atoms with Crippen molar-refractivity contribution in [2.75, 3.05) is 19.7 Å². The van der Waals surface area contributed by atoms with Crippen LogP contribution in [0.2, 0.25) is 0 Å². The molecule has 2 N–H and O–H groups in total. The maximum absolute atomic E-state index is 8.67. The van der Waals surface area contributed by atoms with E-state index in [0.29, 0.717) is 5.92 Å². The van der Waals surface area contributed by atoms with Gasteiger partial charge in [-0.3, -0.25) is 0 Å². The molecule has 2 nitrogen and oxygen atoms in total. The summed E-state index contributed by atoms with van der Waals surface area (Å²) >= 11 is 0. The van der Waals surface area contributed by atoms with Gasteiger partial charge in [-0.25, -0.2) is 0 Å². The van der Waals surface area contributed by atoms with Crippen molar-refractivity contribution in [2.24, 2.45) is 5.92 Å². The number of hydrogen-bond acceptors (Lipinski definition) is 2. The fourth-order valence-corrected chi connectivity index (χ4v) is 1.13. The van der Waals surface area contributed by atoms with Crippen molar-refractivity contribution >= 4 is 0 Å². The summed E-state index contributed by atoms with van der Waals surface area (Å²) in [5.41, 5.74) is 0.972. The predicted molar refractivity (Wildman–Crippen MR) is 37.2 cm³/mol. The summed E-state index contributed by atoms with van der Waals surface area (Å²) in [6.45, 7) is 5.98. The Balaban J connectivity index is 2.32. The van der Waals surface area contributed by atoms with Gasteiger partial charge in [-0.1, -0.05) is 6.58 Å². The highest BCUT2D eigenvalue weighted by Gasteiger charge is 2.15. The normalized spacial score (nSPS) is 26.6. The van der Waals surface area contributed by atoms with E-state index in [4.69, 9.17) is 5.11 Å². The molecule has 0 aromatic rings. The molecule has 1 aliphatic rings. The van der Waals surface area contributed by atoms with E-state index in [0.717, 1.165) is 25.1 Å². The smallest absolute Gasteiger partial charge is 0.0642 e. The third-order valence-electron chi connectivity index (χ3n) is 1.84. The van der Waals surface area contributed by atoms with Crippen LogP contribution in [0.3, 0.4) is 0 Å². The third kappa shape index (κ3) is 1.53. The van der Waals surface area contributed by atoms with Crippen molar-refractivity contribution in [3.8, 4) is 0 Å². The first-order valence-electron chi connectivity index (χ1n) is 3.34. The Hall–Kier alpha value is -0.340. The van der Waals surface area contributed by atoms with Crippen LogP contribution in [-0.2, 0) is 0 Å². The highest BCUT2D eigenvalue weighted by Crippen LogP contribution is 2.15. The second-order valence-electron chi connectivity index (χ2n) is 2.51. The average molecular weight is 127 g/mol. The molecule has 1 heterocycles. The Morgan fingerprint density at radius 1 is 1.78 bits per heavy atom. The van der Waals surface area contributed by atoms with Gasteiger partial charge in [0, 0.05) is 6.54 Å². The lowest BCUT2D eigenvalue weighted by Crippen LogP contribution is -2.11. The maximum Gasteiger partial charge on any atom is 0.0642 e. The molecule has 1 saturated heterocycles. The zero-order valence-corrected chi connectivity index (χ0v) is 5.56. The minimum absolute atomic E-state index is 0.145. The fourth-order valence-electron chi connectivity index (χ4n) is 1.13. The second-order valence-corrected chi connectivity index (χ2v) is 2.51. The topological polar surface area (TPSA) is 32.3 Å². The SMILES string of the molecule is C=C(CO)C1CCNC1. The molecule has 1 rings (SSSR count). The monoisotopic (exact) mass is 127 g/mol. The molecule has 0 spiro atoms. The van der Waals surface area contributed by atoms with Gasteiger partial charge >= 0.3 is 0 Å². The van der Waals surface area contributed by atoms with Crippen LogP contribution in [0.1, 0.15) is 6.42 Å². The lowest BCUT2D eigenvalue weighted by Gasteiger charge is -2.07. The number of aliphatic hydroxyl groups excluding tert-OH is 1. The number of aliphatic hydroxyl groups is 1. The highest BCUT2D eigenvalue weighted by atomic mass is 16.3. The zero-order valence-electron chi connectivity index (χ0n) is 5.56. The molecule has 0 aromatic carbocycles. The minimum atomic E-state index is 0.145. The highest BCUT2D eigenvalue weighted by molar-refractivity contribution is 5.03. The van der Waals surface area contributed by atoms with Crippen LogP contribution in [0.4, 0.5) is 0 Å². The third-order valence-corrected chi connectivity index (χ3v) is 1.84. The molecule has 0 amide bonds. The zero-order chi connectivity index (χ0) is 6.69. The molecule has 1 unspecified atom stereocenters. The van der Waals surface area contributed by atoms with E-state index in [1.807, 2.05) is 0 Å². The molecular weight excluding hydrogens is 114 g/mol. The van der Waals surface area contributed by atoms with Gasteiger partial charge in [-0.2, -0.15) is 0 Å². The molecule has 0 aromatic heterocycles. The first kappa shape index (κ1) is 6.78. The number of hydrogen-bond donors (Lipinski definition) is 2. The van der Waals surface area contributed by atoms with Crippen molar-refractivity contribution in [1.29, 1.82) is 0 Å². The van der Waals surface area contributed by atoms with Gasteiger partial charge in [-0.15, -0.1) is 0 Å². The molecule has 0 aliphatic carbocycles. The van der Waals surface area contributed by atoms with Crippen LogP contribution in [-0.4, -0.2) is 24.8 Å². The van der Waals surface area contributed by atoms with Crippen LogP contribution in [0.5, 0.6) is 0 Å². The van der Waals surface area contributed by atoms with Gasteiger partial charge in [0.05, 0.1) is 6.61 Å². The Morgan fingerprint density at radius 2 is 2.56 bits per heavy atom. The van der Waals surface area contributed by atoms with Crippen molar-refractivity contribution in [3.05, 3.63) is 12.2 Å². The number of nitrogens with one attached hydrogen (secondary N) is 1. The molecule has 0 radical (unpaired) electrons. The summed E-state index contributed by atoms with van der Waals surface area (Å²) in [7, 11) is 0. The summed E-state index contributed by atoms with van der Waals surface area (Å²) in [5, 5.41) is 11.9. The minimum Gasteiger partial charge on any atom is -0.392 e. The van der Waals surface area contributed by atoms with Gasteiger partial charge < -0.3 is 10.4 Å². The largest absolute Gasteiger partial charge is 0.392 e. The molecule has 1 atom stereocenters. The Bertz CT molecular complexity index is 105. The average Bonchev–Trinajstić information content (AvgIpc) is 2.37. The lowest BCUT2D eigenvalue weighted by atomic mass is 10.0. The summed E-state index contributed by atoms with van der Waals surface area (Å²) < 4.78 is 0. The quantitative estimate of drug-likeness (QED) is 0.517. The van der Waals surface area contributed by atoms with E-state index in [9.17, 15) is 0 Å². The van der Waals surface area contributed by atoms with E-state index in [2.05, 4.69) is 11.9 Å². The summed E-state index contributed by atoms with van der Waals surface area (Å²) in [6, 6.07) is 0. The van der Waals surface area contributed by atoms with Gasteiger partial charge in [0.25, 0.3) is 0 Å². The Morgan fingerprint density at radius 3 is 3.00 bits per heavy atom. The summed E-state index contributed by atoms with van der Waals surface area (Å²) in [6.07, 6.45) is 1.14. The molecule has 0 saturated carbocycles. The van der Waals surface area contributed by atoms with Crippen LogP contribution < -0.4 is 5.32 Å². The van der Waals surface area contributed by atoms with E-state index in [1.165, 1.54) is 0 Å². The van der Waals surface area contributed by atoms with Crippen molar-refractivity contribution in [3.63, 3.8) is 0 Å². The summed E-state index contributed by atoms with van der Waals surface area (Å²) in [5.74, 6) is 0.523. The first-order chi connectivity index (χ1) is 4.34. The van der Waals surface area contributed by atoms with Crippen molar-refractivity contribution < 1.29 is 5.11 Å². The van der Waals surface area contributed by atoms with Gasteiger partial charge in [0.15, 0.2) is 0 Å². The van der Waals surface area contributed by atoms with Crippen LogP contribution >= 0.6 is 0 Å². The molecule has 52 valence electrons. The maximum atomic E-state index is 8.67. The molecule has 1 fully saturated rings. The predicted octanol–water partition coefficient (Wildman–Crippen LogP) is 0.144. The summed E-state index contributed by atoms with van der Waals surface area (Å²) in [4.78, 5) is 0. The van der Waals surface area contributed by atoms with Crippen molar-refractivity contribution in [2.45, 2.75) is 6.42 Å².